The molecule has 0 radical (unpaired) electrons. The molecule has 0 unspecified atom stereocenters. The number of anilines is 1. The third kappa shape index (κ3) is 2.79. The largest absolute Gasteiger partial charge is 0.506 e. The Kier molecular flexibility index (Phi) is 4.03. The van der Waals surface area contributed by atoms with E-state index < -0.39 is 0 Å². The van der Waals surface area contributed by atoms with Crippen molar-refractivity contribution < 1.29 is 14.3 Å². The number of carbonyl (C=O) groups excluding carboxylic acids is 1. The third-order valence-electron chi connectivity index (χ3n) is 4.56. The van der Waals surface area contributed by atoms with Crippen molar-refractivity contribution in [2.45, 2.75) is 20.8 Å². The number of hydrogen-bond acceptors (Lipinski definition) is 4. The van der Waals surface area contributed by atoms with Crippen LogP contribution in [-0.4, -0.2) is 42.1 Å². The first-order valence-corrected chi connectivity index (χ1v) is 7.88. The summed E-state index contributed by atoms with van der Waals surface area (Å²) in [5.74, 6) is 1.81. The molecule has 1 aromatic heterocycles. The molecule has 1 fully saturated rings. The van der Waals surface area contributed by atoms with Crippen LogP contribution in [0, 0.1) is 20.8 Å². The predicted octanol–water partition coefficient (Wildman–Crippen LogP) is 2.87. The zero-order valence-corrected chi connectivity index (χ0v) is 13.8. The molecule has 0 saturated carbocycles. The first-order chi connectivity index (χ1) is 11.0. The van der Waals surface area contributed by atoms with Crippen molar-refractivity contribution in [1.29, 1.82) is 0 Å². The highest BCUT2D eigenvalue weighted by Crippen LogP contribution is 2.28. The maximum atomic E-state index is 12.8. The average molecular weight is 314 g/mol. The number of hydrogen-bond donors (Lipinski definition) is 1. The molecule has 1 aliphatic heterocycles. The number of furan rings is 1. The van der Waals surface area contributed by atoms with E-state index in [9.17, 15) is 9.90 Å². The maximum Gasteiger partial charge on any atom is 0.257 e. The van der Waals surface area contributed by atoms with Crippen LogP contribution in [0.15, 0.2) is 28.7 Å². The third-order valence-corrected chi connectivity index (χ3v) is 4.56. The van der Waals surface area contributed by atoms with Gasteiger partial charge in [0.15, 0.2) is 0 Å². The van der Waals surface area contributed by atoms with Crippen molar-refractivity contribution in [3.8, 4) is 5.75 Å². The first-order valence-electron chi connectivity index (χ1n) is 7.88. The number of aromatic hydroxyl groups is 1. The van der Waals surface area contributed by atoms with Gasteiger partial charge in [-0.05, 0) is 32.9 Å². The van der Waals surface area contributed by atoms with Crippen LogP contribution in [-0.2, 0) is 0 Å². The SMILES string of the molecule is Cc1oc(C)c(C(=O)N2CCN(c3ccccc3O)CC2)c1C. The minimum absolute atomic E-state index is 0.0359. The van der Waals surface area contributed by atoms with Gasteiger partial charge in [0.1, 0.15) is 17.3 Å². The van der Waals surface area contributed by atoms with E-state index in [0.29, 0.717) is 37.5 Å². The lowest BCUT2D eigenvalue weighted by Crippen LogP contribution is -2.49. The molecule has 23 heavy (non-hydrogen) atoms. The number of rotatable bonds is 2. The lowest BCUT2D eigenvalue weighted by atomic mass is 10.1. The second-order valence-electron chi connectivity index (χ2n) is 5.98. The molecule has 0 atom stereocenters. The summed E-state index contributed by atoms with van der Waals surface area (Å²) in [6, 6.07) is 7.31. The van der Waals surface area contributed by atoms with Crippen LogP contribution in [0.4, 0.5) is 5.69 Å². The Bertz CT molecular complexity index is 728. The highest BCUT2D eigenvalue weighted by atomic mass is 16.3. The Labute approximate surface area is 136 Å². The van der Waals surface area contributed by atoms with Crippen molar-refractivity contribution in [3.63, 3.8) is 0 Å². The fourth-order valence-electron chi connectivity index (χ4n) is 3.15. The smallest absolute Gasteiger partial charge is 0.257 e. The van der Waals surface area contributed by atoms with Gasteiger partial charge in [-0.2, -0.15) is 0 Å². The minimum atomic E-state index is 0.0359. The summed E-state index contributed by atoms with van der Waals surface area (Å²) in [6.45, 7) is 8.33. The van der Waals surface area contributed by atoms with Crippen LogP contribution < -0.4 is 4.90 Å². The normalized spacial score (nSPS) is 15.1. The summed E-state index contributed by atoms with van der Waals surface area (Å²) in [5.41, 5.74) is 2.44. The predicted molar refractivity (Wildman–Crippen MR) is 89.1 cm³/mol. The summed E-state index contributed by atoms with van der Waals surface area (Å²) in [5, 5.41) is 9.96. The molecule has 0 aliphatic carbocycles. The van der Waals surface area contributed by atoms with Crippen molar-refractivity contribution >= 4 is 11.6 Å². The van der Waals surface area contributed by atoms with E-state index in [-0.39, 0.29) is 11.7 Å². The van der Waals surface area contributed by atoms with E-state index in [1.165, 1.54) is 0 Å². The molecule has 2 heterocycles. The van der Waals surface area contributed by atoms with E-state index in [1.54, 1.807) is 6.07 Å². The van der Waals surface area contributed by atoms with E-state index >= 15 is 0 Å². The van der Waals surface area contributed by atoms with Crippen molar-refractivity contribution in [3.05, 3.63) is 46.9 Å². The number of aryl methyl sites for hydroxylation is 2. The number of phenols is 1. The lowest BCUT2D eigenvalue weighted by molar-refractivity contribution is 0.0744. The minimum Gasteiger partial charge on any atom is -0.506 e. The number of carbonyl (C=O) groups is 1. The maximum absolute atomic E-state index is 12.8. The summed E-state index contributed by atoms with van der Waals surface area (Å²) in [6.07, 6.45) is 0. The molecule has 5 nitrogen and oxygen atoms in total. The standard InChI is InChI=1S/C18H22N2O3/c1-12-13(2)23-14(3)17(12)18(22)20-10-8-19(9-11-20)15-6-4-5-7-16(15)21/h4-7,21H,8-11H2,1-3H3. The van der Waals surface area contributed by atoms with Gasteiger partial charge in [-0.3, -0.25) is 4.79 Å². The topological polar surface area (TPSA) is 56.9 Å². The quantitative estimate of drug-likeness (QED) is 0.926. The molecule has 2 aromatic rings. The molecule has 1 aliphatic rings. The number of piperazine rings is 1. The van der Waals surface area contributed by atoms with Crippen molar-refractivity contribution in [2.75, 3.05) is 31.1 Å². The van der Waals surface area contributed by atoms with Gasteiger partial charge in [-0.25, -0.2) is 0 Å². The molecule has 5 heteroatoms. The van der Waals surface area contributed by atoms with Crippen molar-refractivity contribution in [2.24, 2.45) is 0 Å². The van der Waals surface area contributed by atoms with Gasteiger partial charge in [-0.15, -0.1) is 0 Å². The molecule has 1 aromatic carbocycles. The number of benzene rings is 1. The number of nitrogens with zero attached hydrogens (tertiary/aromatic N) is 2. The van der Waals surface area contributed by atoms with E-state index in [4.69, 9.17) is 4.42 Å². The first kappa shape index (κ1) is 15.5. The molecule has 1 N–H and O–H groups in total. The molecule has 122 valence electrons. The van der Waals surface area contributed by atoms with Crippen LogP contribution in [0.2, 0.25) is 0 Å². The van der Waals surface area contributed by atoms with Crippen LogP contribution in [0.5, 0.6) is 5.75 Å². The Morgan fingerprint density at radius 3 is 2.26 bits per heavy atom. The van der Waals surface area contributed by atoms with Crippen LogP contribution >= 0.6 is 0 Å². The van der Waals surface area contributed by atoms with E-state index in [2.05, 4.69) is 4.90 Å². The Morgan fingerprint density at radius 2 is 1.70 bits per heavy atom. The van der Waals surface area contributed by atoms with Gasteiger partial charge in [0.2, 0.25) is 0 Å². The van der Waals surface area contributed by atoms with Crippen LogP contribution in [0.1, 0.15) is 27.4 Å². The monoisotopic (exact) mass is 314 g/mol. The average Bonchev–Trinajstić information content (AvgIpc) is 2.80. The molecule has 0 bridgehead atoms. The van der Waals surface area contributed by atoms with Crippen LogP contribution in [0.3, 0.4) is 0 Å². The van der Waals surface area contributed by atoms with Gasteiger partial charge >= 0.3 is 0 Å². The van der Waals surface area contributed by atoms with Gasteiger partial charge in [0, 0.05) is 31.7 Å². The second-order valence-corrected chi connectivity index (χ2v) is 5.98. The summed E-state index contributed by atoms with van der Waals surface area (Å²) >= 11 is 0. The fourth-order valence-corrected chi connectivity index (χ4v) is 3.15. The Hall–Kier alpha value is -2.43. The molecule has 0 spiro atoms. The summed E-state index contributed by atoms with van der Waals surface area (Å²) in [7, 11) is 0. The zero-order chi connectivity index (χ0) is 16.6. The van der Waals surface area contributed by atoms with Gasteiger partial charge < -0.3 is 19.3 Å². The highest BCUT2D eigenvalue weighted by molar-refractivity contribution is 5.97. The van der Waals surface area contributed by atoms with E-state index in [1.807, 2.05) is 43.9 Å². The van der Waals surface area contributed by atoms with E-state index in [0.717, 1.165) is 17.0 Å². The zero-order valence-electron chi connectivity index (χ0n) is 13.8. The van der Waals surface area contributed by atoms with Crippen LogP contribution in [0.25, 0.3) is 0 Å². The van der Waals surface area contributed by atoms with Gasteiger partial charge in [0.25, 0.3) is 5.91 Å². The highest BCUT2D eigenvalue weighted by Gasteiger charge is 2.27. The summed E-state index contributed by atoms with van der Waals surface area (Å²) < 4.78 is 5.57. The van der Waals surface area contributed by atoms with Gasteiger partial charge in [0.05, 0.1) is 11.3 Å². The second kappa shape index (κ2) is 5.99. The van der Waals surface area contributed by atoms with Crippen molar-refractivity contribution in [1.82, 2.24) is 4.90 Å². The lowest BCUT2D eigenvalue weighted by Gasteiger charge is -2.36. The number of amides is 1. The Balaban J connectivity index is 1.72. The number of phenolic OH excluding ortho intramolecular Hbond substituents is 1. The molecule has 1 amide bonds. The molecular formula is C18H22N2O3. The molecule has 1 saturated heterocycles. The molecular weight excluding hydrogens is 292 g/mol. The summed E-state index contributed by atoms with van der Waals surface area (Å²) in [4.78, 5) is 16.7. The fraction of sp³-hybridized carbons (Fsp3) is 0.389. The van der Waals surface area contributed by atoms with Gasteiger partial charge in [-0.1, -0.05) is 12.1 Å². The number of para-hydroxylation sites is 2. The Morgan fingerprint density at radius 1 is 1.04 bits per heavy atom. The molecule has 3 rings (SSSR count).